The number of nitrogens with one attached hydrogen (secondary N) is 1. The Kier molecular flexibility index (Phi) is 9.96. The van der Waals surface area contributed by atoms with E-state index in [2.05, 4.69) is 10.3 Å². The first-order valence-corrected chi connectivity index (χ1v) is 7.33. The quantitative estimate of drug-likeness (QED) is 0.724. The number of alkyl halides is 2. The molecule has 0 saturated carbocycles. The highest BCUT2D eigenvalue weighted by atomic mass is 35.5. The zero-order valence-electron chi connectivity index (χ0n) is 13.0. The average molecular weight is 417 g/mol. The van der Waals surface area contributed by atoms with E-state index in [0.717, 1.165) is 5.56 Å². The minimum atomic E-state index is -3.10. The molecule has 1 aromatic heterocycles. The van der Waals surface area contributed by atoms with Gasteiger partial charge in [0.25, 0.3) is 5.92 Å². The molecule has 0 spiro atoms. The SMILES string of the molecule is Cl.Cl.NCC(F)(F)CNC(=O)CCc1ncc(-c2ccc(Cl)cc2)o1. The molecule has 0 saturated heterocycles. The first-order chi connectivity index (χ1) is 10.9. The number of nitrogens with zero attached hydrogens (tertiary/aromatic N) is 1. The Labute approximate surface area is 161 Å². The van der Waals surface area contributed by atoms with Gasteiger partial charge in [-0.05, 0) is 24.3 Å². The van der Waals surface area contributed by atoms with Crippen molar-refractivity contribution in [3.8, 4) is 11.3 Å². The lowest BCUT2D eigenvalue weighted by Gasteiger charge is -2.14. The Bertz CT molecular complexity index is 666. The molecule has 0 aliphatic heterocycles. The van der Waals surface area contributed by atoms with Crippen LogP contribution in [-0.2, 0) is 11.2 Å². The lowest BCUT2D eigenvalue weighted by molar-refractivity contribution is -0.122. The summed E-state index contributed by atoms with van der Waals surface area (Å²) in [5.41, 5.74) is 5.70. The van der Waals surface area contributed by atoms with Crippen LogP contribution in [0.3, 0.4) is 0 Å². The van der Waals surface area contributed by atoms with Crippen LogP contribution in [-0.4, -0.2) is 29.9 Å². The van der Waals surface area contributed by atoms with Gasteiger partial charge in [-0.15, -0.1) is 24.8 Å². The Morgan fingerprint density at radius 1 is 1.28 bits per heavy atom. The number of rotatable bonds is 7. The van der Waals surface area contributed by atoms with Crippen molar-refractivity contribution in [1.82, 2.24) is 10.3 Å². The van der Waals surface area contributed by atoms with Gasteiger partial charge in [-0.1, -0.05) is 11.6 Å². The molecule has 140 valence electrons. The van der Waals surface area contributed by atoms with Crippen molar-refractivity contribution >= 4 is 42.3 Å². The molecule has 1 heterocycles. The fourth-order valence-corrected chi connectivity index (χ4v) is 1.91. The number of oxazole rings is 1. The summed E-state index contributed by atoms with van der Waals surface area (Å²) in [6.45, 7) is -1.58. The maximum atomic E-state index is 12.9. The summed E-state index contributed by atoms with van der Waals surface area (Å²) in [6, 6.07) is 7.02. The molecular formula is C15H18Cl3F2N3O2. The van der Waals surface area contributed by atoms with E-state index in [1.807, 2.05) is 0 Å². The summed E-state index contributed by atoms with van der Waals surface area (Å²) in [5.74, 6) is -2.70. The number of nitrogens with two attached hydrogens (primary N) is 1. The third-order valence-corrected chi connectivity index (χ3v) is 3.34. The van der Waals surface area contributed by atoms with Crippen molar-refractivity contribution in [2.45, 2.75) is 18.8 Å². The van der Waals surface area contributed by atoms with Gasteiger partial charge in [0.15, 0.2) is 11.7 Å². The summed E-state index contributed by atoms with van der Waals surface area (Å²) >= 11 is 5.81. The van der Waals surface area contributed by atoms with Gasteiger partial charge in [-0.2, -0.15) is 0 Å². The summed E-state index contributed by atoms with van der Waals surface area (Å²) < 4.78 is 31.4. The maximum absolute atomic E-state index is 12.9. The molecule has 1 aromatic carbocycles. The molecule has 2 aromatic rings. The van der Waals surface area contributed by atoms with Gasteiger partial charge >= 0.3 is 0 Å². The second kappa shape index (κ2) is 10.6. The van der Waals surface area contributed by atoms with Gasteiger partial charge in [0.1, 0.15) is 0 Å². The average Bonchev–Trinajstić information content (AvgIpc) is 3.01. The van der Waals surface area contributed by atoms with Crippen molar-refractivity contribution in [3.05, 3.63) is 41.4 Å². The number of aromatic nitrogens is 1. The van der Waals surface area contributed by atoms with Crippen LogP contribution in [0.15, 0.2) is 34.9 Å². The van der Waals surface area contributed by atoms with Gasteiger partial charge < -0.3 is 15.5 Å². The number of benzene rings is 1. The zero-order valence-corrected chi connectivity index (χ0v) is 15.4. The normalized spacial score (nSPS) is 10.6. The molecule has 0 aliphatic rings. The fraction of sp³-hybridized carbons (Fsp3) is 0.333. The number of carbonyl (C=O) groups is 1. The Morgan fingerprint density at radius 3 is 2.52 bits per heavy atom. The summed E-state index contributed by atoms with van der Waals surface area (Å²) in [5, 5.41) is 2.75. The molecule has 0 aliphatic carbocycles. The van der Waals surface area contributed by atoms with Crippen molar-refractivity contribution in [2.24, 2.45) is 5.73 Å². The number of aryl methyl sites for hydroxylation is 1. The molecule has 25 heavy (non-hydrogen) atoms. The molecule has 0 bridgehead atoms. The lowest BCUT2D eigenvalue weighted by atomic mass is 10.2. The van der Waals surface area contributed by atoms with Gasteiger partial charge in [-0.3, -0.25) is 4.79 Å². The van der Waals surface area contributed by atoms with E-state index in [-0.39, 0.29) is 37.7 Å². The number of hydrogen-bond donors (Lipinski definition) is 2. The standard InChI is InChI=1S/C15H16ClF2N3O2.2ClH/c16-11-3-1-10(2-4-11)12-7-20-14(23-12)6-5-13(22)21-9-15(17,18)8-19;;/h1-4,7H,5-6,8-9,19H2,(H,21,22);2*1H. The number of amides is 1. The minimum absolute atomic E-state index is 0. The van der Waals surface area contributed by atoms with E-state index < -0.39 is 24.9 Å². The second-order valence-electron chi connectivity index (χ2n) is 4.96. The van der Waals surface area contributed by atoms with Crippen LogP contribution < -0.4 is 11.1 Å². The highest BCUT2D eigenvalue weighted by Gasteiger charge is 2.27. The first-order valence-electron chi connectivity index (χ1n) is 6.95. The van der Waals surface area contributed by atoms with E-state index in [0.29, 0.717) is 16.7 Å². The van der Waals surface area contributed by atoms with Gasteiger partial charge in [-0.25, -0.2) is 13.8 Å². The smallest absolute Gasteiger partial charge is 0.277 e. The topological polar surface area (TPSA) is 81.1 Å². The molecule has 1 amide bonds. The summed E-state index contributed by atoms with van der Waals surface area (Å²) in [6.07, 6.45) is 1.76. The Hall–Kier alpha value is -1.41. The van der Waals surface area contributed by atoms with E-state index in [9.17, 15) is 13.6 Å². The van der Waals surface area contributed by atoms with Crippen LogP contribution in [0, 0.1) is 0 Å². The van der Waals surface area contributed by atoms with Crippen molar-refractivity contribution in [2.75, 3.05) is 13.1 Å². The number of hydrogen-bond acceptors (Lipinski definition) is 4. The maximum Gasteiger partial charge on any atom is 0.277 e. The monoisotopic (exact) mass is 415 g/mol. The highest BCUT2D eigenvalue weighted by Crippen LogP contribution is 2.22. The molecule has 0 atom stereocenters. The first kappa shape index (κ1) is 23.6. The highest BCUT2D eigenvalue weighted by molar-refractivity contribution is 6.30. The summed E-state index contributed by atoms with van der Waals surface area (Å²) in [4.78, 5) is 15.6. The van der Waals surface area contributed by atoms with Crippen LogP contribution >= 0.6 is 36.4 Å². The molecule has 10 heteroatoms. The lowest BCUT2D eigenvalue weighted by Crippen LogP contribution is -2.41. The Balaban J connectivity index is 0.00000288. The molecule has 5 nitrogen and oxygen atoms in total. The molecule has 2 rings (SSSR count). The Morgan fingerprint density at radius 2 is 1.92 bits per heavy atom. The zero-order chi connectivity index (χ0) is 16.9. The van der Waals surface area contributed by atoms with Crippen LogP contribution in [0.1, 0.15) is 12.3 Å². The third kappa shape index (κ3) is 7.56. The van der Waals surface area contributed by atoms with Crippen molar-refractivity contribution < 1.29 is 18.0 Å². The summed E-state index contributed by atoms with van der Waals surface area (Å²) in [7, 11) is 0. The van der Waals surface area contributed by atoms with Crippen LogP contribution in [0.2, 0.25) is 5.02 Å². The molecule has 0 radical (unpaired) electrons. The number of carbonyl (C=O) groups excluding carboxylic acids is 1. The van der Waals surface area contributed by atoms with E-state index in [1.165, 1.54) is 0 Å². The predicted octanol–water partition coefficient (Wildman–Crippen LogP) is 3.48. The van der Waals surface area contributed by atoms with E-state index in [1.54, 1.807) is 30.5 Å². The van der Waals surface area contributed by atoms with Gasteiger partial charge in [0.2, 0.25) is 5.91 Å². The minimum Gasteiger partial charge on any atom is -0.441 e. The van der Waals surface area contributed by atoms with E-state index >= 15 is 0 Å². The van der Waals surface area contributed by atoms with Crippen molar-refractivity contribution in [1.29, 1.82) is 0 Å². The second-order valence-corrected chi connectivity index (χ2v) is 5.40. The van der Waals surface area contributed by atoms with Gasteiger partial charge in [0.05, 0.1) is 19.3 Å². The van der Waals surface area contributed by atoms with Crippen LogP contribution in [0.4, 0.5) is 8.78 Å². The third-order valence-electron chi connectivity index (χ3n) is 3.09. The fourth-order valence-electron chi connectivity index (χ4n) is 1.78. The van der Waals surface area contributed by atoms with Crippen molar-refractivity contribution in [3.63, 3.8) is 0 Å². The van der Waals surface area contributed by atoms with Crippen LogP contribution in [0.5, 0.6) is 0 Å². The predicted molar refractivity (Wildman–Crippen MR) is 96.8 cm³/mol. The number of halogens is 5. The largest absolute Gasteiger partial charge is 0.441 e. The molecule has 0 fully saturated rings. The molecular weight excluding hydrogens is 399 g/mol. The van der Waals surface area contributed by atoms with E-state index in [4.69, 9.17) is 21.8 Å². The molecule has 0 unspecified atom stereocenters. The van der Waals surface area contributed by atoms with Gasteiger partial charge in [0, 0.05) is 23.4 Å². The molecule has 3 N–H and O–H groups in total. The van der Waals surface area contributed by atoms with Crippen LogP contribution in [0.25, 0.3) is 11.3 Å².